The largest absolute Gasteiger partial charge is 0.331 e. The number of sulfonamides is 1. The molecule has 0 bridgehead atoms. The highest BCUT2D eigenvalue weighted by Gasteiger charge is 2.28. The van der Waals surface area contributed by atoms with Gasteiger partial charge in [0.15, 0.2) is 0 Å². The van der Waals surface area contributed by atoms with Crippen molar-refractivity contribution in [2.45, 2.75) is 26.8 Å². The zero-order valence-corrected chi connectivity index (χ0v) is 19.9. The van der Waals surface area contributed by atoms with E-state index in [1.54, 1.807) is 18.2 Å². The van der Waals surface area contributed by atoms with Gasteiger partial charge in [0.25, 0.3) is 11.5 Å². The molecule has 2 aromatic heterocycles. The van der Waals surface area contributed by atoms with Crippen molar-refractivity contribution in [1.82, 2.24) is 14.3 Å². The second-order valence-corrected chi connectivity index (χ2v) is 10.0. The van der Waals surface area contributed by atoms with E-state index in [1.807, 2.05) is 17.7 Å². The van der Waals surface area contributed by atoms with Crippen molar-refractivity contribution < 1.29 is 22.0 Å². The summed E-state index contributed by atoms with van der Waals surface area (Å²) in [6.07, 6.45) is 2.10. The van der Waals surface area contributed by atoms with Crippen LogP contribution in [0.1, 0.15) is 35.5 Å². The van der Waals surface area contributed by atoms with Crippen molar-refractivity contribution in [1.29, 1.82) is 0 Å². The predicted octanol–water partition coefficient (Wildman–Crippen LogP) is 3.97. The van der Waals surface area contributed by atoms with Crippen LogP contribution < -0.4 is 10.3 Å². The van der Waals surface area contributed by atoms with Gasteiger partial charge in [-0.3, -0.25) is 9.59 Å². The molecule has 0 spiro atoms. The lowest BCUT2D eigenvalue weighted by Crippen LogP contribution is -2.33. The van der Waals surface area contributed by atoms with Gasteiger partial charge >= 0.3 is 0 Å². The monoisotopic (exact) mass is 499 g/mol. The predicted molar refractivity (Wildman–Crippen MR) is 130 cm³/mol. The van der Waals surface area contributed by atoms with Crippen molar-refractivity contribution in [3.8, 4) is 11.1 Å². The molecule has 2 aromatic carbocycles. The number of hydrogen-bond donors (Lipinski definition) is 2. The van der Waals surface area contributed by atoms with Gasteiger partial charge in [-0.05, 0) is 61.4 Å². The minimum absolute atomic E-state index is 0.0395. The number of hydrogen-bond acceptors (Lipinski definition) is 4. The maximum absolute atomic E-state index is 14.6. The van der Waals surface area contributed by atoms with Crippen LogP contribution in [0.15, 0.2) is 59.5 Å². The summed E-state index contributed by atoms with van der Waals surface area (Å²) in [5, 5.41) is 0.511. The normalized spacial score (nSPS) is 11.7. The minimum Gasteiger partial charge on any atom is -0.331 e. The molecule has 2 heterocycles. The molecular weight excluding hydrogens is 476 g/mol. The summed E-state index contributed by atoms with van der Waals surface area (Å²) >= 11 is 0. The van der Waals surface area contributed by atoms with Crippen LogP contribution in [0.2, 0.25) is 0 Å². The van der Waals surface area contributed by atoms with Crippen LogP contribution in [-0.2, 0) is 23.0 Å². The standard InChI is InChI=1S/C25H23F2N3O4S/c1-3-15-7-10-21-19(12-15)22(18-6-5-11-28-24(18)31)23(25(32)29-35(33,34)4-2)30(21)14-16-13-17(26)8-9-20(16)27/h5-13H,3-4,14H2,1-2H3,(H,28,31)(H,29,32). The van der Waals surface area contributed by atoms with Crippen LogP contribution in [0.4, 0.5) is 8.78 Å². The number of carbonyl (C=O) groups is 1. The number of nitrogens with zero attached hydrogens (tertiary/aromatic N) is 1. The number of benzene rings is 2. The Labute approximate surface area is 200 Å². The highest BCUT2D eigenvalue weighted by atomic mass is 32.2. The second-order valence-electron chi connectivity index (χ2n) is 8.00. The third-order valence-electron chi connectivity index (χ3n) is 5.80. The molecule has 0 unspecified atom stereocenters. The number of pyridine rings is 1. The molecule has 0 aliphatic rings. The van der Waals surface area contributed by atoms with Gasteiger partial charge in [-0.2, -0.15) is 0 Å². The average molecular weight is 500 g/mol. The van der Waals surface area contributed by atoms with Crippen molar-refractivity contribution in [2.75, 3.05) is 5.75 Å². The smallest absolute Gasteiger partial charge is 0.282 e. The summed E-state index contributed by atoms with van der Waals surface area (Å²) in [7, 11) is -3.96. The molecule has 182 valence electrons. The quantitative estimate of drug-likeness (QED) is 0.402. The number of fused-ring (bicyclic) bond motifs is 1. The van der Waals surface area contributed by atoms with E-state index in [9.17, 15) is 26.8 Å². The van der Waals surface area contributed by atoms with Crippen LogP contribution in [0.25, 0.3) is 22.0 Å². The number of H-pyrrole nitrogens is 1. The highest BCUT2D eigenvalue weighted by molar-refractivity contribution is 7.90. The molecule has 0 radical (unpaired) electrons. The maximum atomic E-state index is 14.6. The fraction of sp³-hybridized carbons (Fsp3) is 0.200. The zero-order chi connectivity index (χ0) is 25.3. The van der Waals surface area contributed by atoms with Crippen LogP contribution in [0, 0.1) is 11.6 Å². The fourth-order valence-electron chi connectivity index (χ4n) is 4.01. The van der Waals surface area contributed by atoms with Crippen molar-refractivity contribution in [2.24, 2.45) is 0 Å². The van der Waals surface area contributed by atoms with Gasteiger partial charge in [-0.15, -0.1) is 0 Å². The van der Waals surface area contributed by atoms with E-state index >= 15 is 0 Å². The third kappa shape index (κ3) is 4.74. The number of nitrogens with one attached hydrogen (secondary N) is 2. The molecule has 7 nitrogen and oxygen atoms in total. The van der Waals surface area contributed by atoms with Gasteiger partial charge in [0.1, 0.15) is 17.3 Å². The van der Waals surface area contributed by atoms with Crippen molar-refractivity contribution in [3.05, 3.63) is 93.5 Å². The first-order chi connectivity index (χ1) is 16.6. The summed E-state index contributed by atoms with van der Waals surface area (Å²) in [4.78, 5) is 28.8. The molecule has 1 amide bonds. The molecule has 35 heavy (non-hydrogen) atoms. The zero-order valence-electron chi connectivity index (χ0n) is 19.1. The molecule has 4 aromatic rings. The summed E-state index contributed by atoms with van der Waals surface area (Å²) in [5.74, 6) is -2.68. The molecule has 0 aliphatic heterocycles. The lowest BCUT2D eigenvalue weighted by molar-refractivity contribution is 0.0974. The number of aryl methyl sites for hydroxylation is 1. The van der Waals surface area contributed by atoms with E-state index < -0.39 is 33.1 Å². The van der Waals surface area contributed by atoms with E-state index in [0.29, 0.717) is 17.3 Å². The number of aromatic amines is 1. The lowest BCUT2D eigenvalue weighted by Gasteiger charge is -2.13. The Balaban J connectivity index is 2.10. The van der Waals surface area contributed by atoms with E-state index in [-0.39, 0.29) is 34.7 Å². The van der Waals surface area contributed by atoms with Gasteiger partial charge in [-0.25, -0.2) is 21.9 Å². The average Bonchev–Trinajstić information content (AvgIpc) is 3.14. The van der Waals surface area contributed by atoms with Gasteiger partial charge in [0.05, 0.1) is 12.3 Å². The molecule has 0 aliphatic carbocycles. The van der Waals surface area contributed by atoms with Gasteiger partial charge in [0.2, 0.25) is 10.0 Å². The molecule has 4 rings (SSSR count). The molecular formula is C25H23F2N3O4S. The van der Waals surface area contributed by atoms with E-state index in [2.05, 4.69) is 4.98 Å². The molecule has 0 fully saturated rings. The van der Waals surface area contributed by atoms with Crippen molar-refractivity contribution >= 4 is 26.8 Å². The fourth-order valence-corrected chi connectivity index (χ4v) is 4.53. The van der Waals surface area contributed by atoms with Gasteiger partial charge in [-0.1, -0.05) is 13.0 Å². The highest BCUT2D eigenvalue weighted by Crippen LogP contribution is 2.35. The van der Waals surface area contributed by atoms with Crippen LogP contribution >= 0.6 is 0 Å². The second kappa shape index (κ2) is 9.46. The van der Waals surface area contributed by atoms with Crippen LogP contribution in [0.5, 0.6) is 0 Å². The lowest BCUT2D eigenvalue weighted by atomic mass is 10.0. The Morgan fingerprint density at radius 1 is 1.09 bits per heavy atom. The number of rotatable bonds is 7. The Morgan fingerprint density at radius 3 is 2.54 bits per heavy atom. The van der Waals surface area contributed by atoms with Crippen LogP contribution in [-0.4, -0.2) is 29.6 Å². The molecule has 2 N–H and O–H groups in total. The molecule has 0 saturated heterocycles. The number of aromatic nitrogens is 2. The molecule has 10 heteroatoms. The van der Waals surface area contributed by atoms with Gasteiger partial charge in [0, 0.05) is 33.8 Å². The number of carbonyl (C=O) groups excluding carboxylic acids is 1. The Hall–Kier alpha value is -3.79. The summed E-state index contributed by atoms with van der Waals surface area (Å²) in [6.45, 7) is 3.05. The van der Waals surface area contributed by atoms with E-state index in [1.165, 1.54) is 23.8 Å². The first-order valence-corrected chi connectivity index (χ1v) is 12.6. The van der Waals surface area contributed by atoms with E-state index in [0.717, 1.165) is 23.8 Å². The van der Waals surface area contributed by atoms with Crippen LogP contribution in [0.3, 0.4) is 0 Å². The number of amides is 1. The summed E-state index contributed by atoms with van der Waals surface area (Å²) in [5.41, 5.74) is 1.04. The first-order valence-electron chi connectivity index (χ1n) is 11.0. The van der Waals surface area contributed by atoms with Crippen molar-refractivity contribution in [3.63, 3.8) is 0 Å². The Kier molecular flexibility index (Phi) is 6.58. The summed E-state index contributed by atoms with van der Waals surface area (Å²) in [6, 6.07) is 11.4. The Bertz CT molecular complexity index is 1610. The maximum Gasteiger partial charge on any atom is 0.282 e. The third-order valence-corrected chi connectivity index (χ3v) is 7.06. The SMILES string of the molecule is CCc1ccc2c(c1)c(-c1ccc[nH]c1=O)c(C(=O)NS(=O)(=O)CC)n2Cc1cc(F)ccc1F. The Morgan fingerprint density at radius 2 is 1.86 bits per heavy atom. The van der Waals surface area contributed by atoms with Gasteiger partial charge < -0.3 is 9.55 Å². The topological polar surface area (TPSA) is 101 Å². The molecule has 0 atom stereocenters. The van der Waals surface area contributed by atoms with E-state index in [4.69, 9.17) is 0 Å². The minimum atomic E-state index is -3.96. The summed E-state index contributed by atoms with van der Waals surface area (Å²) < 4.78 is 56.5. The number of halogens is 2. The molecule has 0 saturated carbocycles. The first kappa shape index (κ1) is 24.3.